The highest BCUT2D eigenvalue weighted by Crippen LogP contribution is 2.37. The number of rotatable bonds is 2. The first-order valence-electron chi connectivity index (χ1n) is 9.03. The second-order valence-electron chi connectivity index (χ2n) is 7.13. The van der Waals surface area contributed by atoms with Crippen LogP contribution >= 0.6 is 11.3 Å². The van der Waals surface area contributed by atoms with Gasteiger partial charge >= 0.3 is 0 Å². The van der Waals surface area contributed by atoms with Crippen molar-refractivity contribution >= 4 is 17.2 Å². The minimum atomic E-state index is -0.0212. The number of carbonyl (C=O) groups is 1. The van der Waals surface area contributed by atoms with Crippen LogP contribution in [-0.2, 0) is 9.47 Å². The Bertz CT molecular complexity index is 549. The molecule has 0 bridgehead atoms. The van der Waals surface area contributed by atoms with E-state index in [4.69, 9.17) is 9.47 Å². The Kier molecular flexibility index (Phi) is 4.90. The first-order valence-corrected chi connectivity index (χ1v) is 9.97. The van der Waals surface area contributed by atoms with E-state index in [2.05, 4.69) is 4.90 Å². The Morgan fingerprint density at radius 2 is 1.96 bits per heavy atom. The van der Waals surface area contributed by atoms with Crippen LogP contribution in [0.25, 0.3) is 0 Å². The summed E-state index contributed by atoms with van der Waals surface area (Å²) in [4.78, 5) is 17.1. The molecule has 3 saturated heterocycles. The van der Waals surface area contributed by atoms with Crippen LogP contribution in [0.2, 0.25) is 0 Å². The van der Waals surface area contributed by atoms with Crippen LogP contribution in [0.1, 0.15) is 36.0 Å². The Balaban J connectivity index is 1.36. The quantitative estimate of drug-likeness (QED) is 0.820. The van der Waals surface area contributed by atoms with Gasteiger partial charge in [-0.25, -0.2) is 0 Å². The molecule has 1 unspecified atom stereocenters. The van der Waals surface area contributed by atoms with Gasteiger partial charge in [0.1, 0.15) is 0 Å². The number of hydrogen-bond donors (Lipinski definition) is 0. The van der Waals surface area contributed by atoms with E-state index in [9.17, 15) is 4.79 Å². The van der Waals surface area contributed by atoms with E-state index in [1.807, 2.05) is 21.7 Å². The van der Waals surface area contributed by atoms with Crippen LogP contribution in [0.5, 0.6) is 0 Å². The van der Waals surface area contributed by atoms with Crippen molar-refractivity contribution < 1.29 is 14.3 Å². The molecule has 4 heterocycles. The summed E-state index contributed by atoms with van der Waals surface area (Å²) >= 11 is 1.58. The van der Waals surface area contributed by atoms with Crippen LogP contribution in [0.15, 0.2) is 16.8 Å². The Morgan fingerprint density at radius 3 is 2.67 bits per heavy atom. The standard InChI is InChI=1S/C18H26N2O3S/c21-17(15-2-12-24-14-15)20-5-3-18(4-6-20)13-16(1-9-23-18)19-7-10-22-11-8-19/h2,12,14,16H,1,3-11,13H2. The average Bonchev–Trinajstić information content (AvgIpc) is 3.17. The Labute approximate surface area is 147 Å². The lowest BCUT2D eigenvalue weighted by atomic mass is 9.81. The van der Waals surface area contributed by atoms with Gasteiger partial charge in [-0.05, 0) is 37.1 Å². The lowest BCUT2D eigenvalue weighted by Crippen LogP contribution is -2.55. The highest BCUT2D eigenvalue weighted by Gasteiger charge is 2.42. The Hall–Kier alpha value is -0.950. The maximum atomic E-state index is 12.5. The van der Waals surface area contributed by atoms with Crippen molar-refractivity contribution in [1.82, 2.24) is 9.80 Å². The van der Waals surface area contributed by atoms with Gasteiger partial charge in [0.25, 0.3) is 5.91 Å². The summed E-state index contributed by atoms with van der Waals surface area (Å²) in [5.74, 6) is 0.173. The van der Waals surface area contributed by atoms with Crippen molar-refractivity contribution in [1.29, 1.82) is 0 Å². The largest absolute Gasteiger partial charge is 0.379 e. The van der Waals surface area contributed by atoms with E-state index in [1.54, 1.807) is 11.3 Å². The molecule has 132 valence electrons. The molecule has 0 radical (unpaired) electrons. The van der Waals surface area contributed by atoms with E-state index >= 15 is 0 Å². The van der Waals surface area contributed by atoms with Gasteiger partial charge in [-0.1, -0.05) is 0 Å². The van der Waals surface area contributed by atoms with E-state index in [0.717, 1.165) is 77.2 Å². The van der Waals surface area contributed by atoms with Gasteiger partial charge in [-0.3, -0.25) is 9.69 Å². The first kappa shape index (κ1) is 16.5. The minimum absolute atomic E-state index is 0.0212. The van der Waals surface area contributed by atoms with Gasteiger partial charge in [0.15, 0.2) is 0 Å². The molecule has 5 nitrogen and oxygen atoms in total. The molecular formula is C18H26N2O3S. The second kappa shape index (κ2) is 7.12. The third kappa shape index (κ3) is 3.38. The summed E-state index contributed by atoms with van der Waals surface area (Å²) in [6, 6.07) is 2.53. The fourth-order valence-corrected chi connectivity index (χ4v) is 4.92. The van der Waals surface area contributed by atoms with Gasteiger partial charge in [0, 0.05) is 44.2 Å². The van der Waals surface area contributed by atoms with Crippen molar-refractivity contribution in [2.24, 2.45) is 0 Å². The number of hydrogen-bond acceptors (Lipinski definition) is 5. The van der Waals surface area contributed by atoms with Gasteiger partial charge in [-0.2, -0.15) is 11.3 Å². The van der Waals surface area contributed by atoms with E-state index in [0.29, 0.717) is 6.04 Å². The topological polar surface area (TPSA) is 42.0 Å². The fraction of sp³-hybridized carbons (Fsp3) is 0.722. The Morgan fingerprint density at radius 1 is 1.17 bits per heavy atom. The average molecular weight is 350 g/mol. The number of thiophene rings is 1. The van der Waals surface area contributed by atoms with Crippen molar-refractivity contribution in [3.8, 4) is 0 Å². The summed E-state index contributed by atoms with van der Waals surface area (Å²) in [6.07, 6.45) is 4.15. The molecule has 0 aliphatic carbocycles. The smallest absolute Gasteiger partial charge is 0.254 e. The van der Waals surface area contributed by atoms with Crippen LogP contribution in [0.3, 0.4) is 0 Å². The normalized spacial score (nSPS) is 28.2. The predicted octanol–water partition coefficient (Wildman–Crippen LogP) is 2.23. The molecular weight excluding hydrogens is 324 g/mol. The molecule has 1 aromatic rings. The van der Waals surface area contributed by atoms with E-state index < -0.39 is 0 Å². The molecule has 0 aromatic carbocycles. The van der Waals surface area contributed by atoms with E-state index in [1.165, 1.54) is 0 Å². The number of carbonyl (C=O) groups excluding carboxylic acids is 1. The lowest BCUT2D eigenvalue weighted by molar-refractivity contribution is -0.136. The highest BCUT2D eigenvalue weighted by molar-refractivity contribution is 7.08. The van der Waals surface area contributed by atoms with Crippen LogP contribution in [0.4, 0.5) is 0 Å². The van der Waals surface area contributed by atoms with Crippen LogP contribution in [-0.4, -0.2) is 73.3 Å². The highest BCUT2D eigenvalue weighted by atomic mass is 32.1. The molecule has 3 fully saturated rings. The van der Waals surface area contributed by atoms with Crippen LogP contribution < -0.4 is 0 Å². The first-order chi connectivity index (χ1) is 11.8. The third-order valence-corrected chi connectivity index (χ3v) is 6.44. The fourth-order valence-electron chi connectivity index (χ4n) is 4.29. The number of ether oxygens (including phenoxy) is 2. The summed E-state index contributed by atoms with van der Waals surface area (Å²) in [5, 5.41) is 3.91. The molecule has 0 saturated carbocycles. The van der Waals surface area contributed by atoms with Crippen molar-refractivity contribution in [3.05, 3.63) is 22.4 Å². The molecule has 4 rings (SSSR count). The zero-order valence-electron chi connectivity index (χ0n) is 14.1. The maximum Gasteiger partial charge on any atom is 0.254 e. The molecule has 0 N–H and O–H groups in total. The van der Waals surface area contributed by atoms with Gasteiger partial charge in [0.2, 0.25) is 0 Å². The zero-order chi connectivity index (χ0) is 16.4. The number of morpholine rings is 1. The lowest BCUT2D eigenvalue weighted by Gasteiger charge is -2.49. The summed E-state index contributed by atoms with van der Waals surface area (Å²) in [6.45, 7) is 6.27. The van der Waals surface area contributed by atoms with Crippen molar-refractivity contribution in [2.75, 3.05) is 46.0 Å². The number of amides is 1. The summed E-state index contributed by atoms with van der Waals surface area (Å²) in [7, 11) is 0. The molecule has 1 aromatic heterocycles. The van der Waals surface area contributed by atoms with Gasteiger partial charge in [-0.15, -0.1) is 0 Å². The number of nitrogens with zero attached hydrogens (tertiary/aromatic N) is 2. The molecule has 3 aliphatic heterocycles. The van der Waals surface area contributed by atoms with Crippen LogP contribution in [0, 0.1) is 0 Å². The predicted molar refractivity (Wildman–Crippen MR) is 93.6 cm³/mol. The zero-order valence-corrected chi connectivity index (χ0v) is 14.9. The second-order valence-corrected chi connectivity index (χ2v) is 7.91. The third-order valence-electron chi connectivity index (χ3n) is 5.76. The molecule has 6 heteroatoms. The van der Waals surface area contributed by atoms with Crippen molar-refractivity contribution in [2.45, 2.75) is 37.3 Å². The molecule has 1 spiro atoms. The van der Waals surface area contributed by atoms with Gasteiger partial charge < -0.3 is 14.4 Å². The molecule has 3 aliphatic rings. The number of piperidine rings is 1. The monoisotopic (exact) mass is 350 g/mol. The number of likely N-dealkylation sites (tertiary alicyclic amines) is 1. The van der Waals surface area contributed by atoms with Crippen molar-refractivity contribution in [3.63, 3.8) is 0 Å². The summed E-state index contributed by atoms with van der Waals surface area (Å²) < 4.78 is 11.7. The molecule has 1 amide bonds. The minimum Gasteiger partial charge on any atom is -0.379 e. The summed E-state index contributed by atoms with van der Waals surface area (Å²) in [5.41, 5.74) is 0.804. The molecule has 1 atom stereocenters. The maximum absolute atomic E-state index is 12.5. The van der Waals surface area contributed by atoms with Gasteiger partial charge in [0.05, 0.1) is 24.4 Å². The van der Waals surface area contributed by atoms with E-state index in [-0.39, 0.29) is 11.5 Å². The molecule has 24 heavy (non-hydrogen) atoms. The SMILES string of the molecule is O=C(c1ccsc1)N1CCC2(CC1)CC(N1CCOCC1)CCO2.